The summed E-state index contributed by atoms with van der Waals surface area (Å²) in [5.74, 6) is -2.19. The summed E-state index contributed by atoms with van der Waals surface area (Å²) in [6, 6.07) is 2.64. The van der Waals surface area contributed by atoms with Crippen molar-refractivity contribution in [2.24, 2.45) is 5.92 Å². The lowest BCUT2D eigenvalue weighted by Crippen LogP contribution is -2.41. The van der Waals surface area contributed by atoms with E-state index in [1.165, 1.54) is 19.2 Å². The molecule has 1 aromatic carbocycles. The summed E-state index contributed by atoms with van der Waals surface area (Å²) in [6.45, 7) is 3.73. The first-order chi connectivity index (χ1) is 9.35. The molecule has 0 aliphatic rings. The van der Waals surface area contributed by atoms with Crippen molar-refractivity contribution >= 4 is 11.9 Å². The summed E-state index contributed by atoms with van der Waals surface area (Å²) in [5, 5.41) is 11.5. The molecule has 0 saturated heterocycles. The Hall–Kier alpha value is -2.11. The molecule has 0 unspecified atom stereocenters. The molecule has 0 aliphatic carbocycles. The minimum Gasteiger partial charge on any atom is -0.494 e. The van der Waals surface area contributed by atoms with Crippen LogP contribution in [0, 0.1) is 11.7 Å². The molecule has 20 heavy (non-hydrogen) atoms. The quantitative estimate of drug-likeness (QED) is 0.838. The molecular formula is C14H18FNO4. The zero-order valence-corrected chi connectivity index (χ0v) is 11.6. The van der Waals surface area contributed by atoms with Gasteiger partial charge in [0, 0.05) is 5.56 Å². The van der Waals surface area contributed by atoms with Crippen LogP contribution in [0.4, 0.5) is 4.39 Å². The molecule has 5 nitrogen and oxygen atoms in total. The smallest absolute Gasteiger partial charge is 0.326 e. The molecule has 0 aliphatic heterocycles. The van der Waals surface area contributed by atoms with E-state index >= 15 is 0 Å². The maximum atomic E-state index is 13.2. The van der Waals surface area contributed by atoms with E-state index in [1.54, 1.807) is 0 Å². The van der Waals surface area contributed by atoms with Crippen molar-refractivity contribution < 1.29 is 23.8 Å². The monoisotopic (exact) mass is 283 g/mol. The maximum absolute atomic E-state index is 13.2. The highest BCUT2D eigenvalue weighted by Gasteiger charge is 2.22. The molecule has 0 bridgehead atoms. The van der Waals surface area contributed by atoms with Gasteiger partial charge >= 0.3 is 5.97 Å². The Kier molecular flexibility index (Phi) is 5.49. The first-order valence-electron chi connectivity index (χ1n) is 6.22. The van der Waals surface area contributed by atoms with Crippen molar-refractivity contribution in [2.45, 2.75) is 26.3 Å². The van der Waals surface area contributed by atoms with Crippen LogP contribution in [0.25, 0.3) is 0 Å². The van der Waals surface area contributed by atoms with Crippen LogP contribution in [-0.2, 0) is 4.79 Å². The second kappa shape index (κ2) is 6.88. The highest BCUT2D eigenvalue weighted by molar-refractivity contribution is 5.96. The van der Waals surface area contributed by atoms with E-state index in [0.717, 1.165) is 6.07 Å². The van der Waals surface area contributed by atoms with Crippen LogP contribution in [0.1, 0.15) is 30.6 Å². The Labute approximate surface area is 116 Å². The number of benzene rings is 1. The molecule has 1 amide bonds. The molecule has 6 heteroatoms. The van der Waals surface area contributed by atoms with Crippen LogP contribution in [-0.4, -0.2) is 30.1 Å². The van der Waals surface area contributed by atoms with E-state index in [4.69, 9.17) is 9.84 Å². The number of aliphatic carboxylic acids is 1. The normalized spacial score (nSPS) is 12.1. The van der Waals surface area contributed by atoms with Gasteiger partial charge in [0.05, 0.1) is 7.11 Å². The van der Waals surface area contributed by atoms with Crippen molar-refractivity contribution in [1.29, 1.82) is 0 Å². The molecule has 1 atom stereocenters. The molecule has 0 fully saturated rings. The summed E-state index contributed by atoms with van der Waals surface area (Å²) in [4.78, 5) is 23.0. The van der Waals surface area contributed by atoms with Crippen molar-refractivity contribution in [1.82, 2.24) is 5.32 Å². The van der Waals surface area contributed by atoms with Crippen molar-refractivity contribution in [2.75, 3.05) is 7.11 Å². The van der Waals surface area contributed by atoms with E-state index < -0.39 is 23.7 Å². The minimum atomic E-state index is -1.10. The van der Waals surface area contributed by atoms with Crippen LogP contribution in [0.15, 0.2) is 18.2 Å². The Morgan fingerprint density at radius 1 is 1.40 bits per heavy atom. The number of methoxy groups -OCH3 is 1. The minimum absolute atomic E-state index is 0.0617. The van der Waals surface area contributed by atoms with Crippen molar-refractivity contribution in [3.05, 3.63) is 29.6 Å². The Morgan fingerprint density at radius 2 is 2.05 bits per heavy atom. The lowest BCUT2D eigenvalue weighted by molar-refractivity contribution is -0.139. The van der Waals surface area contributed by atoms with E-state index in [-0.39, 0.29) is 17.2 Å². The molecular weight excluding hydrogens is 265 g/mol. The number of nitrogens with one attached hydrogen (secondary N) is 1. The molecule has 0 radical (unpaired) electrons. The number of rotatable bonds is 6. The highest BCUT2D eigenvalue weighted by Crippen LogP contribution is 2.18. The fourth-order valence-corrected chi connectivity index (χ4v) is 1.74. The number of carboxylic acids is 1. The Bertz CT molecular complexity index is 502. The molecule has 1 rings (SSSR count). The van der Waals surface area contributed by atoms with Gasteiger partial charge in [-0.1, -0.05) is 13.8 Å². The third-order valence-corrected chi connectivity index (χ3v) is 2.72. The third kappa shape index (κ3) is 4.22. The number of halogens is 1. The summed E-state index contributed by atoms with van der Waals surface area (Å²) in [6.07, 6.45) is 0.319. The van der Waals surface area contributed by atoms with Crippen molar-refractivity contribution in [3.63, 3.8) is 0 Å². The van der Waals surface area contributed by atoms with Gasteiger partial charge in [0.15, 0.2) is 11.6 Å². The van der Waals surface area contributed by atoms with Gasteiger partial charge in [0.2, 0.25) is 0 Å². The molecule has 110 valence electrons. The molecule has 0 aromatic heterocycles. The van der Waals surface area contributed by atoms with E-state index in [0.29, 0.717) is 6.42 Å². The van der Waals surface area contributed by atoms with Gasteiger partial charge in [0.25, 0.3) is 5.91 Å². The van der Waals surface area contributed by atoms with E-state index in [2.05, 4.69) is 5.32 Å². The maximum Gasteiger partial charge on any atom is 0.326 e. The highest BCUT2D eigenvalue weighted by atomic mass is 19.1. The van der Waals surface area contributed by atoms with Crippen molar-refractivity contribution in [3.8, 4) is 5.75 Å². The van der Waals surface area contributed by atoms with Gasteiger partial charge in [0.1, 0.15) is 6.04 Å². The van der Waals surface area contributed by atoms with Crippen LogP contribution >= 0.6 is 0 Å². The van der Waals surface area contributed by atoms with Gasteiger partial charge in [-0.3, -0.25) is 4.79 Å². The number of carbonyl (C=O) groups excluding carboxylic acids is 1. The van der Waals surface area contributed by atoms with Gasteiger partial charge in [-0.2, -0.15) is 0 Å². The lowest BCUT2D eigenvalue weighted by atomic mass is 10.0. The second-order valence-electron chi connectivity index (χ2n) is 4.84. The summed E-state index contributed by atoms with van der Waals surface area (Å²) in [5.41, 5.74) is 0.151. The number of hydrogen-bond acceptors (Lipinski definition) is 3. The Morgan fingerprint density at radius 3 is 2.55 bits per heavy atom. The van der Waals surface area contributed by atoms with E-state index in [1.807, 2.05) is 13.8 Å². The fraction of sp³-hybridized carbons (Fsp3) is 0.429. The third-order valence-electron chi connectivity index (χ3n) is 2.72. The predicted octanol–water partition coefficient (Wildman–Crippen LogP) is 2.06. The largest absolute Gasteiger partial charge is 0.494 e. The van der Waals surface area contributed by atoms with Gasteiger partial charge in [-0.05, 0) is 30.5 Å². The van der Waals surface area contributed by atoms with Crippen LogP contribution < -0.4 is 10.1 Å². The molecule has 0 saturated carbocycles. The standard InChI is InChI=1S/C14H18FNO4/c1-8(2)6-11(14(18)19)16-13(17)9-4-5-10(15)12(7-9)20-3/h4-5,7-8,11H,6H2,1-3H3,(H,16,17)(H,18,19)/t11-/m0/s1. The second-order valence-corrected chi connectivity index (χ2v) is 4.84. The topological polar surface area (TPSA) is 75.6 Å². The summed E-state index contributed by atoms with van der Waals surface area (Å²) >= 11 is 0. The molecule has 0 heterocycles. The SMILES string of the molecule is COc1cc(C(=O)N[C@@H](CC(C)C)C(=O)O)ccc1F. The fourth-order valence-electron chi connectivity index (χ4n) is 1.74. The summed E-state index contributed by atoms with van der Waals surface area (Å²) in [7, 11) is 1.29. The van der Waals surface area contributed by atoms with Gasteiger partial charge < -0.3 is 15.2 Å². The first-order valence-corrected chi connectivity index (χ1v) is 6.22. The first kappa shape index (κ1) is 15.9. The molecule has 0 spiro atoms. The van der Waals surface area contributed by atoms with Crippen LogP contribution in [0.3, 0.4) is 0 Å². The average molecular weight is 283 g/mol. The van der Waals surface area contributed by atoms with Crippen LogP contribution in [0.5, 0.6) is 5.75 Å². The molecule has 2 N–H and O–H groups in total. The Balaban J connectivity index is 2.86. The number of carboxylic acid groups (broad SMARTS) is 1. The van der Waals surface area contributed by atoms with Crippen LogP contribution in [0.2, 0.25) is 0 Å². The number of hydrogen-bond donors (Lipinski definition) is 2. The number of carbonyl (C=O) groups is 2. The zero-order valence-electron chi connectivity index (χ0n) is 11.6. The van der Waals surface area contributed by atoms with Gasteiger partial charge in [-0.25, -0.2) is 9.18 Å². The average Bonchev–Trinajstić information content (AvgIpc) is 2.37. The lowest BCUT2D eigenvalue weighted by Gasteiger charge is -2.16. The summed E-state index contributed by atoms with van der Waals surface area (Å²) < 4.78 is 18.0. The molecule has 1 aromatic rings. The van der Waals surface area contributed by atoms with E-state index in [9.17, 15) is 14.0 Å². The van der Waals surface area contributed by atoms with Gasteiger partial charge in [-0.15, -0.1) is 0 Å². The zero-order chi connectivity index (χ0) is 15.3. The number of ether oxygens (including phenoxy) is 1. The number of amides is 1. The predicted molar refractivity (Wildman–Crippen MR) is 71.3 cm³/mol.